The summed E-state index contributed by atoms with van der Waals surface area (Å²) in [6.45, 7) is 6.69. The molecule has 0 spiro atoms. The fourth-order valence-electron chi connectivity index (χ4n) is 3.05. The first-order valence-electron chi connectivity index (χ1n) is 9.37. The highest BCUT2D eigenvalue weighted by Crippen LogP contribution is 2.24. The maximum atomic E-state index is 13.0. The highest BCUT2D eigenvalue weighted by atomic mass is 16.4. The number of nitrogens with two attached hydrogens (primary N) is 1. The van der Waals surface area contributed by atoms with Crippen LogP contribution in [0.4, 0.5) is 0 Å². The number of nitrogens with one attached hydrogen (secondary N) is 1. The van der Waals surface area contributed by atoms with Gasteiger partial charge in [-0.1, -0.05) is 32.0 Å². The predicted octanol–water partition coefficient (Wildman–Crippen LogP) is 2.06. The van der Waals surface area contributed by atoms with E-state index in [0.29, 0.717) is 22.4 Å². The molecule has 3 rings (SSSR count). The largest absolute Gasteiger partial charge is 0.478 e. The summed E-state index contributed by atoms with van der Waals surface area (Å²) in [7, 11) is 0. The van der Waals surface area contributed by atoms with E-state index in [1.807, 2.05) is 30.3 Å². The van der Waals surface area contributed by atoms with Crippen LogP contribution in [0.25, 0.3) is 16.7 Å². The summed E-state index contributed by atoms with van der Waals surface area (Å²) >= 11 is 0. The van der Waals surface area contributed by atoms with Crippen LogP contribution in [0.5, 0.6) is 0 Å². The van der Waals surface area contributed by atoms with Crippen molar-refractivity contribution >= 4 is 28.8 Å². The number of carboxylic acid groups (broad SMARTS) is 1. The summed E-state index contributed by atoms with van der Waals surface area (Å²) in [5.41, 5.74) is 5.12. The Morgan fingerprint density at radius 2 is 1.83 bits per heavy atom. The summed E-state index contributed by atoms with van der Waals surface area (Å²) in [6.07, 6.45) is 0. The number of primary amides is 1. The fraction of sp³-hybridized carbons (Fsp3) is 0.286. The summed E-state index contributed by atoms with van der Waals surface area (Å²) in [5, 5.41) is 17.2. The van der Waals surface area contributed by atoms with Crippen molar-refractivity contribution < 1.29 is 19.5 Å². The Kier molecular flexibility index (Phi) is 5.30. The number of aryl methyl sites for hydroxylation is 1. The predicted molar refractivity (Wildman–Crippen MR) is 110 cm³/mol. The maximum Gasteiger partial charge on any atom is 0.338 e. The second-order valence-corrected chi connectivity index (χ2v) is 7.57. The standard InChI is InChI=1S/C21H23N5O4/c1-11(2)21(4,20(22)30)24-18(27)16-15(19(28)29)10-14-12(3)25-26(17(14)23-16)13-8-6-5-7-9-13/h5-11H,1-4H3,(H2,22,30)(H,24,27)(H,28,29). The molecular weight excluding hydrogens is 386 g/mol. The molecule has 4 N–H and O–H groups in total. The molecule has 30 heavy (non-hydrogen) atoms. The van der Waals surface area contributed by atoms with Crippen molar-refractivity contribution in [1.82, 2.24) is 20.1 Å². The molecule has 0 aliphatic heterocycles. The number of fused-ring (bicyclic) bond motifs is 1. The first kappa shape index (κ1) is 21.0. The van der Waals surface area contributed by atoms with Gasteiger partial charge in [-0.25, -0.2) is 14.5 Å². The van der Waals surface area contributed by atoms with Gasteiger partial charge in [-0.3, -0.25) is 9.59 Å². The second kappa shape index (κ2) is 7.58. The minimum absolute atomic E-state index is 0.286. The number of hydrogen-bond donors (Lipinski definition) is 3. The molecule has 0 saturated heterocycles. The van der Waals surface area contributed by atoms with Crippen molar-refractivity contribution in [1.29, 1.82) is 0 Å². The quantitative estimate of drug-likeness (QED) is 0.569. The SMILES string of the molecule is Cc1nn(-c2ccccc2)c2nc(C(=O)NC(C)(C(N)=O)C(C)C)c(C(=O)O)cc12. The van der Waals surface area contributed by atoms with E-state index in [0.717, 1.165) is 0 Å². The molecule has 0 saturated carbocycles. The third-order valence-electron chi connectivity index (χ3n) is 5.33. The molecule has 9 heteroatoms. The monoisotopic (exact) mass is 409 g/mol. The number of amides is 2. The first-order chi connectivity index (χ1) is 14.1. The minimum atomic E-state index is -1.38. The number of benzene rings is 1. The molecule has 2 aromatic heterocycles. The molecule has 2 heterocycles. The number of rotatable bonds is 6. The third-order valence-corrected chi connectivity index (χ3v) is 5.33. The Bertz CT molecular complexity index is 1150. The van der Waals surface area contributed by atoms with E-state index in [1.165, 1.54) is 13.0 Å². The van der Waals surface area contributed by atoms with E-state index in [9.17, 15) is 19.5 Å². The van der Waals surface area contributed by atoms with Crippen molar-refractivity contribution in [2.75, 3.05) is 0 Å². The van der Waals surface area contributed by atoms with Crippen LogP contribution in [0.3, 0.4) is 0 Å². The zero-order valence-corrected chi connectivity index (χ0v) is 17.1. The van der Waals surface area contributed by atoms with E-state index < -0.39 is 23.3 Å². The number of hydrogen-bond acceptors (Lipinski definition) is 5. The fourth-order valence-corrected chi connectivity index (χ4v) is 3.05. The molecule has 1 unspecified atom stereocenters. The van der Waals surface area contributed by atoms with Crippen LogP contribution in [-0.4, -0.2) is 43.2 Å². The lowest BCUT2D eigenvalue weighted by Crippen LogP contribution is -2.58. The van der Waals surface area contributed by atoms with E-state index in [4.69, 9.17) is 5.73 Å². The lowest BCUT2D eigenvalue weighted by Gasteiger charge is -2.31. The Morgan fingerprint density at radius 1 is 1.20 bits per heavy atom. The third kappa shape index (κ3) is 3.49. The summed E-state index contributed by atoms with van der Waals surface area (Å²) in [6, 6.07) is 10.5. The van der Waals surface area contributed by atoms with Crippen LogP contribution in [-0.2, 0) is 4.79 Å². The molecule has 1 aromatic carbocycles. The van der Waals surface area contributed by atoms with Gasteiger partial charge < -0.3 is 16.2 Å². The van der Waals surface area contributed by atoms with Gasteiger partial charge in [-0.15, -0.1) is 0 Å². The molecule has 0 fully saturated rings. The zero-order valence-electron chi connectivity index (χ0n) is 17.1. The molecule has 2 amide bonds. The minimum Gasteiger partial charge on any atom is -0.478 e. The molecule has 9 nitrogen and oxygen atoms in total. The Balaban J connectivity index is 2.20. The molecule has 0 radical (unpaired) electrons. The van der Waals surface area contributed by atoms with E-state index in [2.05, 4.69) is 15.4 Å². The molecule has 156 valence electrons. The zero-order chi connectivity index (χ0) is 22.2. The molecular formula is C21H23N5O4. The van der Waals surface area contributed by atoms with Crippen LogP contribution < -0.4 is 11.1 Å². The molecule has 0 aliphatic rings. The number of carbonyl (C=O) groups excluding carboxylic acids is 2. The second-order valence-electron chi connectivity index (χ2n) is 7.57. The van der Waals surface area contributed by atoms with Crippen molar-refractivity contribution in [2.24, 2.45) is 11.7 Å². The van der Waals surface area contributed by atoms with Crippen LogP contribution in [0.15, 0.2) is 36.4 Å². The van der Waals surface area contributed by atoms with Crippen molar-refractivity contribution in [3.63, 3.8) is 0 Å². The Hall–Kier alpha value is -3.75. The summed E-state index contributed by atoms with van der Waals surface area (Å²) < 4.78 is 1.54. The van der Waals surface area contributed by atoms with Gasteiger partial charge in [0.25, 0.3) is 5.91 Å². The summed E-state index contributed by atoms with van der Waals surface area (Å²) in [4.78, 5) is 41.2. The Labute approximate surface area is 172 Å². The van der Waals surface area contributed by atoms with E-state index in [1.54, 1.807) is 25.5 Å². The van der Waals surface area contributed by atoms with Crippen molar-refractivity contribution in [3.8, 4) is 5.69 Å². The number of pyridine rings is 1. The molecule has 0 bridgehead atoms. The van der Waals surface area contributed by atoms with Gasteiger partial charge in [0.05, 0.1) is 16.9 Å². The van der Waals surface area contributed by atoms with Gasteiger partial charge in [0.15, 0.2) is 5.65 Å². The topological polar surface area (TPSA) is 140 Å². The van der Waals surface area contributed by atoms with Crippen LogP contribution in [0.1, 0.15) is 47.3 Å². The van der Waals surface area contributed by atoms with Gasteiger partial charge in [-0.05, 0) is 38.0 Å². The lowest BCUT2D eigenvalue weighted by molar-refractivity contribution is -0.125. The smallest absolute Gasteiger partial charge is 0.338 e. The van der Waals surface area contributed by atoms with Gasteiger partial charge in [0, 0.05) is 5.39 Å². The first-order valence-corrected chi connectivity index (χ1v) is 9.37. The van der Waals surface area contributed by atoms with E-state index in [-0.39, 0.29) is 17.2 Å². The molecule has 3 aromatic rings. The number of nitrogens with zero attached hydrogens (tertiary/aromatic N) is 3. The van der Waals surface area contributed by atoms with Gasteiger partial charge in [-0.2, -0.15) is 5.10 Å². The average Bonchev–Trinajstić information content (AvgIpc) is 3.03. The number of carbonyl (C=O) groups is 3. The van der Waals surface area contributed by atoms with Crippen LogP contribution >= 0.6 is 0 Å². The Morgan fingerprint density at radius 3 is 2.37 bits per heavy atom. The average molecular weight is 409 g/mol. The van der Waals surface area contributed by atoms with Crippen molar-refractivity contribution in [2.45, 2.75) is 33.2 Å². The number of aromatic carboxylic acids is 1. The van der Waals surface area contributed by atoms with Gasteiger partial charge in [0.1, 0.15) is 11.2 Å². The van der Waals surface area contributed by atoms with Gasteiger partial charge >= 0.3 is 5.97 Å². The van der Waals surface area contributed by atoms with Crippen molar-refractivity contribution in [3.05, 3.63) is 53.3 Å². The number of aromatic nitrogens is 3. The van der Waals surface area contributed by atoms with E-state index >= 15 is 0 Å². The van der Waals surface area contributed by atoms with Crippen LogP contribution in [0, 0.1) is 12.8 Å². The maximum absolute atomic E-state index is 13.0. The lowest BCUT2D eigenvalue weighted by atomic mass is 9.87. The number of carboxylic acids is 1. The van der Waals surface area contributed by atoms with Gasteiger partial charge in [0.2, 0.25) is 5.91 Å². The highest BCUT2D eigenvalue weighted by Gasteiger charge is 2.38. The molecule has 0 aliphatic carbocycles. The summed E-state index contributed by atoms with van der Waals surface area (Å²) in [5.74, 6) is -3.17. The van der Waals surface area contributed by atoms with Crippen LogP contribution in [0.2, 0.25) is 0 Å². The number of para-hydroxylation sites is 1. The molecule has 1 atom stereocenters. The normalized spacial score (nSPS) is 13.2. The highest BCUT2D eigenvalue weighted by molar-refractivity contribution is 6.07.